The summed E-state index contributed by atoms with van der Waals surface area (Å²) in [6.45, 7) is 7.89. The van der Waals surface area contributed by atoms with Crippen molar-refractivity contribution in [2.75, 3.05) is 33.4 Å². The third-order valence-corrected chi connectivity index (χ3v) is 2.26. The van der Waals surface area contributed by atoms with E-state index < -0.39 is 0 Å². The molecule has 0 aliphatic rings. The van der Waals surface area contributed by atoms with Crippen molar-refractivity contribution >= 4 is 17.3 Å². The number of nitrogens with one attached hydrogen (secondary N) is 1. The minimum absolute atomic E-state index is 0.701. The molecular weight excluding hydrogens is 196 g/mol. The van der Waals surface area contributed by atoms with Crippen LogP contribution in [0.4, 0.5) is 0 Å². The molecule has 0 spiro atoms. The summed E-state index contributed by atoms with van der Waals surface area (Å²) in [4.78, 5) is 2.21. The molecule has 4 heteroatoms. The Morgan fingerprint density at radius 2 is 1.86 bits per heavy atom. The summed E-state index contributed by atoms with van der Waals surface area (Å²) in [6.07, 6.45) is 2.26. The van der Waals surface area contributed by atoms with Gasteiger partial charge in [0, 0.05) is 26.7 Å². The van der Waals surface area contributed by atoms with Crippen LogP contribution in [0.25, 0.3) is 0 Å². The second kappa shape index (κ2) is 9.21. The average Bonchev–Trinajstić information content (AvgIpc) is 2.18. The van der Waals surface area contributed by atoms with Crippen LogP contribution in [0.2, 0.25) is 0 Å². The fourth-order valence-electron chi connectivity index (χ4n) is 1.23. The SMILES string of the molecule is CCCN(CCC)C(=S)NCCOC. The zero-order chi connectivity index (χ0) is 10.8. The zero-order valence-corrected chi connectivity index (χ0v) is 10.3. The van der Waals surface area contributed by atoms with Crippen LogP contribution in [-0.2, 0) is 4.74 Å². The number of rotatable bonds is 7. The summed E-state index contributed by atoms with van der Waals surface area (Å²) in [5, 5.41) is 4.04. The van der Waals surface area contributed by atoms with Gasteiger partial charge in [-0.15, -0.1) is 0 Å². The Morgan fingerprint density at radius 3 is 2.29 bits per heavy atom. The van der Waals surface area contributed by atoms with Gasteiger partial charge in [0.1, 0.15) is 0 Å². The number of thiocarbonyl (C=S) groups is 1. The highest BCUT2D eigenvalue weighted by Crippen LogP contribution is 1.95. The molecule has 0 saturated carbocycles. The van der Waals surface area contributed by atoms with E-state index in [0.717, 1.165) is 37.6 Å². The first-order valence-corrected chi connectivity index (χ1v) is 5.68. The van der Waals surface area contributed by atoms with E-state index in [1.165, 1.54) is 0 Å². The Hall–Kier alpha value is -0.350. The molecule has 0 aromatic rings. The van der Waals surface area contributed by atoms with Gasteiger partial charge in [-0.1, -0.05) is 13.8 Å². The quantitative estimate of drug-likeness (QED) is 0.518. The lowest BCUT2D eigenvalue weighted by Gasteiger charge is -2.24. The average molecular weight is 218 g/mol. The molecule has 0 heterocycles. The van der Waals surface area contributed by atoms with Crippen molar-refractivity contribution in [2.24, 2.45) is 0 Å². The molecule has 14 heavy (non-hydrogen) atoms. The van der Waals surface area contributed by atoms with E-state index >= 15 is 0 Å². The molecule has 0 rings (SSSR count). The number of hydrogen-bond acceptors (Lipinski definition) is 2. The van der Waals surface area contributed by atoms with Crippen molar-refractivity contribution in [2.45, 2.75) is 26.7 Å². The molecule has 0 radical (unpaired) electrons. The Bertz CT molecular complexity index is 147. The Morgan fingerprint density at radius 1 is 1.29 bits per heavy atom. The molecule has 0 aliphatic heterocycles. The van der Waals surface area contributed by atoms with Gasteiger partial charge < -0.3 is 15.0 Å². The van der Waals surface area contributed by atoms with Crippen LogP contribution in [0, 0.1) is 0 Å². The standard InChI is InChI=1S/C10H22N2OS/c1-4-7-12(8-5-2)10(14)11-6-9-13-3/h4-9H2,1-3H3,(H,11,14). The molecule has 3 nitrogen and oxygen atoms in total. The molecule has 0 aliphatic carbocycles. The topological polar surface area (TPSA) is 24.5 Å². The number of methoxy groups -OCH3 is 1. The van der Waals surface area contributed by atoms with Gasteiger partial charge in [0.2, 0.25) is 0 Å². The second-order valence-corrected chi connectivity index (χ2v) is 3.60. The molecule has 0 aromatic carbocycles. The maximum absolute atomic E-state index is 5.28. The normalized spacial score (nSPS) is 9.93. The van der Waals surface area contributed by atoms with Gasteiger partial charge in [-0.05, 0) is 25.1 Å². The highest BCUT2D eigenvalue weighted by Gasteiger charge is 2.05. The summed E-state index contributed by atoms with van der Waals surface area (Å²) in [7, 11) is 1.70. The molecule has 0 unspecified atom stereocenters. The van der Waals surface area contributed by atoms with Crippen LogP contribution >= 0.6 is 12.2 Å². The zero-order valence-electron chi connectivity index (χ0n) is 9.51. The smallest absolute Gasteiger partial charge is 0.169 e. The summed E-state index contributed by atoms with van der Waals surface area (Å²) in [5.41, 5.74) is 0. The van der Waals surface area contributed by atoms with Crippen LogP contribution in [0.5, 0.6) is 0 Å². The predicted molar refractivity (Wildman–Crippen MR) is 64.6 cm³/mol. The van der Waals surface area contributed by atoms with E-state index in [2.05, 4.69) is 24.1 Å². The van der Waals surface area contributed by atoms with Crippen molar-refractivity contribution in [3.8, 4) is 0 Å². The molecule has 0 aromatic heterocycles. The van der Waals surface area contributed by atoms with E-state index in [-0.39, 0.29) is 0 Å². The maximum atomic E-state index is 5.28. The number of hydrogen-bond donors (Lipinski definition) is 1. The summed E-state index contributed by atoms with van der Waals surface area (Å²) >= 11 is 5.28. The molecule has 0 saturated heterocycles. The highest BCUT2D eigenvalue weighted by atomic mass is 32.1. The monoisotopic (exact) mass is 218 g/mol. The van der Waals surface area contributed by atoms with Crippen molar-refractivity contribution < 1.29 is 4.74 Å². The van der Waals surface area contributed by atoms with Gasteiger partial charge in [-0.25, -0.2) is 0 Å². The van der Waals surface area contributed by atoms with Gasteiger partial charge in [-0.3, -0.25) is 0 Å². The fraction of sp³-hybridized carbons (Fsp3) is 0.900. The van der Waals surface area contributed by atoms with Gasteiger partial charge in [0.05, 0.1) is 6.61 Å². The van der Waals surface area contributed by atoms with E-state index in [0.29, 0.717) is 6.61 Å². The first-order valence-electron chi connectivity index (χ1n) is 5.27. The van der Waals surface area contributed by atoms with Gasteiger partial charge in [-0.2, -0.15) is 0 Å². The summed E-state index contributed by atoms with van der Waals surface area (Å²) in [5.74, 6) is 0. The van der Waals surface area contributed by atoms with Crippen molar-refractivity contribution in [1.82, 2.24) is 10.2 Å². The van der Waals surface area contributed by atoms with E-state index in [4.69, 9.17) is 17.0 Å². The van der Waals surface area contributed by atoms with Crippen molar-refractivity contribution in [1.29, 1.82) is 0 Å². The van der Waals surface area contributed by atoms with Crippen LogP contribution in [-0.4, -0.2) is 43.4 Å². The third kappa shape index (κ3) is 6.16. The minimum atomic E-state index is 0.701. The van der Waals surface area contributed by atoms with Crippen LogP contribution < -0.4 is 5.32 Å². The molecule has 0 atom stereocenters. The number of ether oxygens (including phenoxy) is 1. The second-order valence-electron chi connectivity index (χ2n) is 3.21. The van der Waals surface area contributed by atoms with Crippen LogP contribution in [0.15, 0.2) is 0 Å². The van der Waals surface area contributed by atoms with Gasteiger partial charge in [0.25, 0.3) is 0 Å². The Balaban J connectivity index is 3.76. The lowest BCUT2D eigenvalue weighted by molar-refractivity contribution is 0.203. The van der Waals surface area contributed by atoms with Gasteiger partial charge in [0.15, 0.2) is 5.11 Å². The third-order valence-electron chi connectivity index (χ3n) is 1.86. The van der Waals surface area contributed by atoms with Crippen LogP contribution in [0.1, 0.15) is 26.7 Å². The van der Waals surface area contributed by atoms with Gasteiger partial charge >= 0.3 is 0 Å². The molecule has 0 amide bonds. The fourth-order valence-corrected chi connectivity index (χ4v) is 1.51. The lowest BCUT2D eigenvalue weighted by Crippen LogP contribution is -2.41. The van der Waals surface area contributed by atoms with Crippen molar-refractivity contribution in [3.05, 3.63) is 0 Å². The van der Waals surface area contributed by atoms with E-state index in [1.54, 1.807) is 7.11 Å². The first-order chi connectivity index (χ1) is 6.76. The summed E-state index contributed by atoms with van der Waals surface area (Å²) < 4.78 is 4.95. The maximum Gasteiger partial charge on any atom is 0.169 e. The lowest BCUT2D eigenvalue weighted by atomic mass is 10.4. The molecule has 84 valence electrons. The van der Waals surface area contributed by atoms with Crippen molar-refractivity contribution in [3.63, 3.8) is 0 Å². The highest BCUT2D eigenvalue weighted by molar-refractivity contribution is 7.80. The minimum Gasteiger partial charge on any atom is -0.383 e. The Labute approximate surface area is 92.8 Å². The summed E-state index contributed by atoms with van der Waals surface area (Å²) in [6, 6.07) is 0. The predicted octanol–water partition coefficient (Wildman–Crippen LogP) is 1.63. The van der Waals surface area contributed by atoms with E-state index in [9.17, 15) is 0 Å². The molecule has 0 fully saturated rings. The molecular formula is C10H22N2OS. The molecule has 0 bridgehead atoms. The Kier molecular flexibility index (Phi) is 8.98. The largest absolute Gasteiger partial charge is 0.383 e. The first kappa shape index (κ1) is 13.7. The van der Waals surface area contributed by atoms with Crippen LogP contribution in [0.3, 0.4) is 0 Å². The molecule has 1 N–H and O–H groups in total. The number of nitrogens with zero attached hydrogens (tertiary/aromatic N) is 1. The van der Waals surface area contributed by atoms with E-state index in [1.807, 2.05) is 0 Å².